The van der Waals surface area contributed by atoms with Crippen LogP contribution >= 0.6 is 0 Å². The predicted octanol–water partition coefficient (Wildman–Crippen LogP) is 4.93. The third kappa shape index (κ3) is 2.97. The van der Waals surface area contributed by atoms with Crippen LogP contribution in [0.3, 0.4) is 0 Å². The fraction of sp³-hybridized carbons (Fsp3) is 0.111. The summed E-state index contributed by atoms with van der Waals surface area (Å²) in [5.74, 6) is 0.541. The molecule has 0 aliphatic heterocycles. The molecule has 1 N–H and O–H groups in total. The Labute approximate surface area is 123 Å². The van der Waals surface area contributed by atoms with E-state index in [2.05, 4.69) is 5.32 Å². The second-order valence-corrected chi connectivity index (χ2v) is 4.96. The third-order valence-corrected chi connectivity index (χ3v) is 3.46. The lowest BCUT2D eigenvalue weighted by molar-refractivity contribution is 0.499. The van der Waals surface area contributed by atoms with Crippen LogP contribution in [-0.4, -0.2) is 0 Å². The second-order valence-electron chi connectivity index (χ2n) is 4.96. The summed E-state index contributed by atoms with van der Waals surface area (Å²) in [6.07, 6.45) is 1.64. The van der Waals surface area contributed by atoms with Gasteiger partial charge in [-0.25, -0.2) is 4.39 Å². The smallest absolute Gasteiger partial charge is 0.130 e. The number of nitrogens with one attached hydrogen (secondary N) is 1. The molecule has 0 radical (unpaired) electrons. The van der Waals surface area contributed by atoms with Gasteiger partial charge in [0.05, 0.1) is 6.26 Å². The minimum atomic E-state index is -0.255. The summed E-state index contributed by atoms with van der Waals surface area (Å²) < 4.78 is 19.0. The van der Waals surface area contributed by atoms with Crippen LogP contribution in [0.5, 0.6) is 0 Å². The highest BCUT2D eigenvalue weighted by molar-refractivity contribution is 5.53. The molecule has 3 rings (SSSR count). The van der Waals surface area contributed by atoms with Crippen LogP contribution in [0.15, 0.2) is 71.3 Å². The Kier molecular flexibility index (Phi) is 3.73. The molecule has 0 aliphatic rings. The van der Waals surface area contributed by atoms with E-state index in [4.69, 9.17) is 4.42 Å². The Balaban J connectivity index is 1.99. The fourth-order valence-electron chi connectivity index (χ4n) is 2.32. The number of hydrogen-bond acceptors (Lipinski definition) is 2. The van der Waals surface area contributed by atoms with Crippen molar-refractivity contribution in [3.8, 4) is 0 Å². The normalized spacial score (nSPS) is 12.1. The van der Waals surface area contributed by atoms with Crippen molar-refractivity contribution in [2.75, 3.05) is 5.32 Å². The summed E-state index contributed by atoms with van der Waals surface area (Å²) in [6, 6.07) is 18.3. The molecule has 106 valence electrons. The average Bonchev–Trinajstić information content (AvgIpc) is 3.03. The van der Waals surface area contributed by atoms with Crippen molar-refractivity contribution in [1.82, 2.24) is 0 Å². The van der Waals surface area contributed by atoms with Gasteiger partial charge in [0.1, 0.15) is 17.6 Å². The molecular weight excluding hydrogens is 265 g/mol. The van der Waals surface area contributed by atoms with Crippen molar-refractivity contribution in [3.05, 3.63) is 89.6 Å². The lowest BCUT2D eigenvalue weighted by atomic mass is 10.0. The molecule has 2 nitrogen and oxygen atoms in total. The summed E-state index contributed by atoms with van der Waals surface area (Å²) in [5.41, 5.74) is 2.82. The number of hydrogen-bond donors (Lipinski definition) is 1. The molecule has 3 heteroatoms. The maximum absolute atomic E-state index is 13.5. The first-order chi connectivity index (χ1) is 10.2. The molecule has 21 heavy (non-hydrogen) atoms. The standard InChI is InChI=1S/C18H16FNO/c1-13-9-10-15(19)12-16(13)20-18(17-8-5-11-21-17)14-6-3-2-4-7-14/h2-12,18,20H,1H3. The van der Waals surface area contributed by atoms with E-state index in [9.17, 15) is 4.39 Å². The lowest BCUT2D eigenvalue weighted by Gasteiger charge is -2.20. The van der Waals surface area contributed by atoms with Gasteiger partial charge in [-0.05, 0) is 42.3 Å². The number of halogens is 1. The molecule has 3 aromatic rings. The molecule has 0 fully saturated rings. The summed E-state index contributed by atoms with van der Waals surface area (Å²) in [5, 5.41) is 3.37. The van der Waals surface area contributed by atoms with E-state index in [0.29, 0.717) is 0 Å². The molecule has 1 atom stereocenters. The van der Waals surface area contributed by atoms with Gasteiger partial charge in [-0.15, -0.1) is 0 Å². The van der Waals surface area contributed by atoms with Crippen LogP contribution in [0.25, 0.3) is 0 Å². The summed E-state index contributed by atoms with van der Waals surface area (Å²) in [4.78, 5) is 0. The van der Waals surface area contributed by atoms with E-state index in [1.54, 1.807) is 12.3 Å². The Morgan fingerprint density at radius 1 is 1.00 bits per heavy atom. The maximum Gasteiger partial charge on any atom is 0.130 e. The van der Waals surface area contributed by atoms with Gasteiger partial charge in [-0.2, -0.15) is 0 Å². The lowest BCUT2D eigenvalue weighted by Crippen LogP contribution is -2.12. The molecule has 0 aliphatic carbocycles. The van der Waals surface area contributed by atoms with Gasteiger partial charge < -0.3 is 9.73 Å². The van der Waals surface area contributed by atoms with Crippen LogP contribution in [0.4, 0.5) is 10.1 Å². The van der Waals surface area contributed by atoms with Gasteiger partial charge in [-0.1, -0.05) is 36.4 Å². The zero-order valence-corrected chi connectivity index (χ0v) is 11.7. The van der Waals surface area contributed by atoms with Gasteiger partial charge in [-0.3, -0.25) is 0 Å². The topological polar surface area (TPSA) is 25.2 Å². The van der Waals surface area contributed by atoms with Crippen molar-refractivity contribution in [1.29, 1.82) is 0 Å². The molecule has 0 saturated carbocycles. The summed E-state index contributed by atoms with van der Waals surface area (Å²) in [7, 11) is 0. The zero-order valence-electron chi connectivity index (χ0n) is 11.7. The van der Waals surface area contributed by atoms with Gasteiger partial charge in [0.25, 0.3) is 0 Å². The number of aryl methyl sites for hydroxylation is 1. The Hall–Kier alpha value is -2.55. The van der Waals surface area contributed by atoms with Crippen molar-refractivity contribution in [2.45, 2.75) is 13.0 Å². The molecule has 0 spiro atoms. The number of benzene rings is 2. The maximum atomic E-state index is 13.5. The number of anilines is 1. The Morgan fingerprint density at radius 2 is 1.81 bits per heavy atom. The van der Waals surface area contributed by atoms with Crippen molar-refractivity contribution < 1.29 is 8.81 Å². The largest absolute Gasteiger partial charge is 0.467 e. The van der Waals surface area contributed by atoms with Crippen LogP contribution < -0.4 is 5.32 Å². The highest BCUT2D eigenvalue weighted by Gasteiger charge is 2.17. The zero-order chi connectivity index (χ0) is 14.7. The second kappa shape index (κ2) is 5.83. The SMILES string of the molecule is Cc1ccc(F)cc1NC(c1ccccc1)c1ccco1. The fourth-order valence-corrected chi connectivity index (χ4v) is 2.32. The van der Waals surface area contributed by atoms with Gasteiger partial charge >= 0.3 is 0 Å². The molecule has 0 bridgehead atoms. The van der Waals surface area contributed by atoms with Crippen molar-refractivity contribution in [3.63, 3.8) is 0 Å². The van der Waals surface area contributed by atoms with Crippen LogP contribution in [0.1, 0.15) is 22.9 Å². The van der Waals surface area contributed by atoms with E-state index in [1.165, 1.54) is 12.1 Å². The Morgan fingerprint density at radius 3 is 2.52 bits per heavy atom. The van der Waals surface area contributed by atoms with E-state index >= 15 is 0 Å². The van der Waals surface area contributed by atoms with Gasteiger partial charge in [0, 0.05) is 5.69 Å². The molecule has 1 heterocycles. The first-order valence-corrected chi connectivity index (χ1v) is 6.85. The van der Waals surface area contributed by atoms with Crippen molar-refractivity contribution in [2.24, 2.45) is 0 Å². The van der Waals surface area contributed by atoms with E-state index in [0.717, 1.165) is 22.6 Å². The van der Waals surface area contributed by atoms with Gasteiger partial charge in [0.2, 0.25) is 0 Å². The number of rotatable bonds is 4. The quantitative estimate of drug-likeness (QED) is 0.733. The van der Waals surface area contributed by atoms with Gasteiger partial charge in [0.15, 0.2) is 0 Å². The first-order valence-electron chi connectivity index (χ1n) is 6.85. The monoisotopic (exact) mass is 281 g/mol. The van der Waals surface area contributed by atoms with E-state index < -0.39 is 0 Å². The first kappa shape index (κ1) is 13.4. The van der Waals surface area contributed by atoms with E-state index in [1.807, 2.05) is 49.4 Å². The number of furan rings is 1. The van der Waals surface area contributed by atoms with Crippen LogP contribution in [0, 0.1) is 12.7 Å². The summed E-state index contributed by atoms with van der Waals surface area (Å²) >= 11 is 0. The third-order valence-electron chi connectivity index (χ3n) is 3.46. The molecule has 1 aromatic heterocycles. The van der Waals surface area contributed by atoms with Crippen molar-refractivity contribution >= 4 is 5.69 Å². The van der Waals surface area contributed by atoms with Crippen LogP contribution in [-0.2, 0) is 0 Å². The average molecular weight is 281 g/mol. The molecule has 1 unspecified atom stereocenters. The predicted molar refractivity (Wildman–Crippen MR) is 81.8 cm³/mol. The minimum absolute atomic E-state index is 0.151. The summed E-state index contributed by atoms with van der Waals surface area (Å²) in [6.45, 7) is 1.95. The highest BCUT2D eigenvalue weighted by atomic mass is 19.1. The molecule has 0 saturated heterocycles. The minimum Gasteiger partial charge on any atom is -0.467 e. The molecule has 0 amide bonds. The molecule has 2 aromatic carbocycles. The van der Waals surface area contributed by atoms with Crippen LogP contribution in [0.2, 0.25) is 0 Å². The molecular formula is C18H16FNO. The highest BCUT2D eigenvalue weighted by Crippen LogP contribution is 2.28. The van der Waals surface area contributed by atoms with E-state index in [-0.39, 0.29) is 11.9 Å². The Bertz CT molecular complexity index is 707.